The Morgan fingerprint density at radius 2 is 1.74 bits per heavy atom. The van der Waals surface area contributed by atoms with Crippen molar-refractivity contribution in [3.63, 3.8) is 0 Å². The molecule has 0 aliphatic carbocycles. The number of nitrogens with zero attached hydrogens (tertiary/aromatic N) is 2. The summed E-state index contributed by atoms with van der Waals surface area (Å²) in [4.78, 5) is 28.9. The van der Waals surface area contributed by atoms with Crippen LogP contribution in [0.25, 0.3) is 0 Å². The second-order valence-electron chi connectivity index (χ2n) is 8.61. The first-order chi connectivity index (χ1) is 12.4. The molecule has 3 atom stereocenters. The van der Waals surface area contributed by atoms with Gasteiger partial charge >= 0.3 is 0 Å². The second kappa shape index (κ2) is 9.27. The van der Waals surface area contributed by atoms with E-state index in [9.17, 15) is 14.7 Å². The molecule has 154 valence electrons. The number of aliphatic hydroxyl groups excluding tert-OH is 1. The number of aromatic nitrogens is 2. The molecule has 9 heteroatoms. The number of amides is 2. The standard InChI is InChI=1S/C18H32N4O5/c1-9(2)8-11(12(23)16(25)21-26)15(24)19-13(18(5,6)7)17-20-14(10(3)4)22-27-17/h9-13,23,26H,8H2,1-7H3,(H,19,24)(H,21,25)/t11-,12+,13-/m1/s1. The van der Waals surface area contributed by atoms with Gasteiger partial charge in [-0.25, -0.2) is 5.48 Å². The number of carbonyl (C=O) groups excluding carboxylic acids is 2. The Kier molecular flexibility index (Phi) is 7.91. The Balaban J connectivity index is 3.13. The summed E-state index contributed by atoms with van der Waals surface area (Å²) in [5.41, 5.74) is 0.939. The van der Waals surface area contributed by atoms with Crippen LogP contribution in [0.4, 0.5) is 0 Å². The van der Waals surface area contributed by atoms with E-state index in [-0.39, 0.29) is 24.1 Å². The fraction of sp³-hybridized carbons (Fsp3) is 0.778. The van der Waals surface area contributed by atoms with E-state index in [0.29, 0.717) is 5.82 Å². The minimum atomic E-state index is -1.67. The van der Waals surface area contributed by atoms with Crippen molar-refractivity contribution in [2.75, 3.05) is 0 Å². The molecule has 4 N–H and O–H groups in total. The van der Waals surface area contributed by atoms with Crippen LogP contribution >= 0.6 is 0 Å². The average Bonchev–Trinajstić information content (AvgIpc) is 3.04. The van der Waals surface area contributed by atoms with Gasteiger partial charge in [0, 0.05) is 5.92 Å². The molecule has 1 aromatic rings. The smallest absolute Gasteiger partial charge is 0.272 e. The van der Waals surface area contributed by atoms with Crippen LogP contribution in [-0.4, -0.2) is 38.4 Å². The van der Waals surface area contributed by atoms with Gasteiger partial charge in [0.05, 0.1) is 5.92 Å². The average molecular weight is 384 g/mol. The van der Waals surface area contributed by atoms with E-state index in [1.165, 1.54) is 5.48 Å². The number of hydrogen-bond donors (Lipinski definition) is 4. The Hall–Kier alpha value is -2.00. The Bertz CT molecular complexity index is 636. The highest BCUT2D eigenvalue weighted by molar-refractivity contribution is 5.88. The summed E-state index contributed by atoms with van der Waals surface area (Å²) < 4.78 is 5.35. The number of nitrogens with one attached hydrogen (secondary N) is 2. The third-order valence-corrected chi connectivity index (χ3v) is 4.20. The fourth-order valence-electron chi connectivity index (χ4n) is 2.63. The Morgan fingerprint density at radius 1 is 1.15 bits per heavy atom. The van der Waals surface area contributed by atoms with E-state index in [1.54, 1.807) is 0 Å². The molecular formula is C18H32N4O5. The highest BCUT2D eigenvalue weighted by Gasteiger charge is 2.38. The normalized spacial score (nSPS) is 15.5. The lowest BCUT2D eigenvalue weighted by molar-refractivity contribution is -0.147. The third-order valence-electron chi connectivity index (χ3n) is 4.20. The van der Waals surface area contributed by atoms with Crippen molar-refractivity contribution in [1.29, 1.82) is 0 Å². The van der Waals surface area contributed by atoms with Crippen LogP contribution in [0.5, 0.6) is 0 Å². The zero-order valence-electron chi connectivity index (χ0n) is 17.1. The maximum Gasteiger partial charge on any atom is 0.272 e. The highest BCUT2D eigenvalue weighted by Crippen LogP contribution is 2.33. The van der Waals surface area contributed by atoms with Crippen LogP contribution in [0.1, 0.15) is 78.6 Å². The molecular weight excluding hydrogens is 352 g/mol. The molecule has 0 saturated carbocycles. The zero-order chi connectivity index (χ0) is 20.9. The van der Waals surface area contributed by atoms with Crippen LogP contribution in [-0.2, 0) is 9.59 Å². The van der Waals surface area contributed by atoms with E-state index >= 15 is 0 Å². The lowest BCUT2D eigenvalue weighted by Crippen LogP contribution is -2.48. The molecule has 0 fully saturated rings. The van der Waals surface area contributed by atoms with Gasteiger partial charge in [-0.3, -0.25) is 14.8 Å². The molecule has 1 aromatic heterocycles. The third kappa shape index (κ3) is 6.28. The van der Waals surface area contributed by atoms with E-state index in [0.717, 1.165) is 0 Å². The quantitative estimate of drug-likeness (QED) is 0.397. The SMILES string of the molecule is CC(C)C[C@@H](C(=O)N[C@H](c1nc(C(C)C)no1)C(C)(C)C)[C@H](O)C(=O)NO. The van der Waals surface area contributed by atoms with Crippen LogP contribution in [0.3, 0.4) is 0 Å². The van der Waals surface area contributed by atoms with Crippen molar-refractivity contribution in [2.45, 2.75) is 73.0 Å². The number of aliphatic hydroxyl groups is 1. The molecule has 0 aromatic carbocycles. The van der Waals surface area contributed by atoms with Gasteiger partial charge in [0.2, 0.25) is 11.8 Å². The van der Waals surface area contributed by atoms with Gasteiger partial charge in [0.1, 0.15) is 12.1 Å². The van der Waals surface area contributed by atoms with Gasteiger partial charge < -0.3 is 14.9 Å². The van der Waals surface area contributed by atoms with Crippen molar-refractivity contribution >= 4 is 11.8 Å². The molecule has 1 heterocycles. The van der Waals surface area contributed by atoms with E-state index in [4.69, 9.17) is 9.73 Å². The first-order valence-corrected chi connectivity index (χ1v) is 9.14. The summed E-state index contributed by atoms with van der Waals surface area (Å²) in [6.07, 6.45) is -1.41. The summed E-state index contributed by atoms with van der Waals surface area (Å²) in [6, 6.07) is -0.607. The van der Waals surface area contributed by atoms with Crippen molar-refractivity contribution in [3.8, 4) is 0 Å². The van der Waals surface area contributed by atoms with E-state index in [1.807, 2.05) is 48.5 Å². The van der Waals surface area contributed by atoms with Crippen molar-refractivity contribution < 1.29 is 24.4 Å². The van der Waals surface area contributed by atoms with E-state index in [2.05, 4.69) is 15.5 Å². The topological polar surface area (TPSA) is 138 Å². The van der Waals surface area contributed by atoms with Gasteiger partial charge in [-0.1, -0.05) is 53.6 Å². The van der Waals surface area contributed by atoms with Crippen LogP contribution < -0.4 is 10.8 Å². The van der Waals surface area contributed by atoms with Crippen LogP contribution in [0, 0.1) is 17.3 Å². The maximum absolute atomic E-state index is 12.9. The molecule has 2 amide bonds. The van der Waals surface area contributed by atoms with Crippen molar-refractivity contribution in [1.82, 2.24) is 20.9 Å². The number of carbonyl (C=O) groups is 2. The molecule has 1 rings (SSSR count). The molecule has 0 spiro atoms. The van der Waals surface area contributed by atoms with Gasteiger partial charge in [0.25, 0.3) is 5.91 Å². The summed E-state index contributed by atoms with van der Waals surface area (Å²) in [7, 11) is 0. The van der Waals surface area contributed by atoms with Gasteiger partial charge in [0.15, 0.2) is 5.82 Å². The maximum atomic E-state index is 12.9. The first kappa shape index (κ1) is 23.0. The minimum Gasteiger partial charge on any atom is -0.382 e. The largest absolute Gasteiger partial charge is 0.382 e. The molecule has 0 aliphatic rings. The summed E-state index contributed by atoms with van der Waals surface area (Å²) in [6.45, 7) is 13.3. The van der Waals surface area contributed by atoms with Crippen LogP contribution in [0.2, 0.25) is 0 Å². The lowest BCUT2D eigenvalue weighted by Gasteiger charge is -2.31. The monoisotopic (exact) mass is 384 g/mol. The summed E-state index contributed by atoms with van der Waals surface area (Å²) in [5.74, 6) is -1.66. The van der Waals surface area contributed by atoms with Gasteiger partial charge in [-0.15, -0.1) is 0 Å². The molecule has 0 unspecified atom stereocenters. The minimum absolute atomic E-state index is 0.0472. The molecule has 0 aliphatic heterocycles. The second-order valence-corrected chi connectivity index (χ2v) is 8.61. The predicted octanol–water partition coefficient (Wildman–Crippen LogP) is 1.92. The Morgan fingerprint density at radius 3 is 2.15 bits per heavy atom. The predicted molar refractivity (Wildman–Crippen MR) is 97.6 cm³/mol. The number of rotatable bonds is 8. The van der Waals surface area contributed by atoms with E-state index < -0.39 is 35.3 Å². The molecule has 0 saturated heterocycles. The summed E-state index contributed by atoms with van der Waals surface area (Å²) >= 11 is 0. The lowest BCUT2D eigenvalue weighted by atomic mass is 9.85. The van der Waals surface area contributed by atoms with Gasteiger partial charge in [-0.2, -0.15) is 4.98 Å². The summed E-state index contributed by atoms with van der Waals surface area (Å²) in [5, 5.41) is 25.7. The van der Waals surface area contributed by atoms with Crippen LogP contribution in [0.15, 0.2) is 4.52 Å². The van der Waals surface area contributed by atoms with Crippen molar-refractivity contribution in [2.24, 2.45) is 17.3 Å². The Labute approximate surface area is 159 Å². The fourth-order valence-corrected chi connectivity index (χ4v) is 2.63. The van der Waals surface area contributed by atoms with Gasteiger partial charge in [-0.05, 0) is 17.8 Å². The zero-order valence-corrected chi connectivity index (χ0v) is 17.1. The highest BCUT2D eigenvalue weighted by atomic mass is 16.5. The number of hydroxylamine groups is 1. The number of hydrogen-bond acceptors (Lipinski definition) is 7. The van der Waals surface area contributed by atoms with Crippen molar-refractivity contribution in [3.05, 3.63) is 11.7 Å². The first-order valence-electron chi connectivity index (χ1n) is 9.14. The molecule has 9 nitrogen and oxygen atoms in total. The molecule has 27 heavy (non-hydrogen) atoms. The molecule has 0 bridgehead atoms. The molecule has 0 radical (unpaired) electrons.